The fourth-order valence-electron chi connectivity index (χ4n) is 1.72. The lowest BCUT2D eigenvalue weighted by Gasteiger charge is -2.06. The molecule has 0 saturated carbocycles. The van der Waals surface area contributed by atoms with Gasteiger partial charge in [-0.1, -0.05) is 12.1 Å². The summed E-state index contributed by atoms with van der Waals surface area (Å²) in [6, 6.07) is 10.3. The molecule has 1 aromatic heterocycles. The lowest BCUT2D eigenvalue weighted by Crippen LogP contribution is -2.18. The third-order valence-corrected chi connectivity index (χ3v) is 3.34. The second-order valence-corrected chi connectivity index (χ2v) is 5.16. The molecular weight excluding hydrogens is 242 g/mol. The molecule has 0 bridgehead atoms. The number of nitrogens with two attached hydrogens (primary N) is 1. The van der Waals surface area contributed by atoms with Gasteiger partial charge in [-0.25, -0.2) is 9.97 Å². The van der Waals surface area contributed by atoms with Crippen LogP contribution >= 0.6 is 11.8 Å². The molecular formula is C14H17N3S. The average molecular weight is 259 g/mol. The number of rotatable bonds is 4. The highest BCUT2D eigenvalue weighted by Crippen LogP contribution is 2.20. The molecule has 4 heteroatoms. The lowest BCUT2D eigenvalue weighted by atomic mass is 10.1. The van der Waals surface area contributed by atoms with Crippen LogP contribution in [-0.2, 0) is 6.42 Å². The van der Waals surface area contributed by atoms with E-state index in [1.165, 1.54) is 4.90 Å². The van der Waals surface area contributed by atoms with Crippen molar-refractivity contribution in [2.24, 2.45) is 5.73 Å². The SMILES string of the molecule is CSc1ccc(-c2nccc(CC(C)N)n2)cc1. The van der Waals surface area contributed by atoms with E-state index in [0.29, 0.717) is 0 Å². The van der Waals surface area contributed by atoms with Crippen LogP contribution in [0.25, 0.3) is 11.4 Å². The van der Waals surface area contributed by atoms with E-state index in [9.17, 15) is 0 Å². The molecule has 0 aliphatic heterocycles. The molecule has 2 N–H and O–H groups in total. The van der Waals surface area contributed by atoms with Crippen molar-refractivity contribution in [3.63, 3.8) is 0 Å². The number of hydrogen-bond acceptors (Lipinski definition) is 4. The highest BCUT2D eigenvalue weighted by atomic mass is 32.2. The Balaban J connectivity index is 2.26. The van der Waals surface area contributed by atoms with Crippen molar-refractivity contribution >= 4 is 11.8 Å². The van der Waals surface area contributed by atoms with Crippen molar-refractivity contribution in [3.05, 3.63) is 42.2 Å². The van der Waals surface area contributed by atoms with Crippen molar-refractivity contribution in [1.29, 1.82) is 0 Å². The van der Waals surface area contributed by atoms with Crippen LogP contribution in [0.4, 0.5) is 0 Å². The molecule has 94 valence electrons. The van der Waals surface area contributed by atoms with Gasteiger partial charge in [0.1, 0.15) is 0 Å². The van der Waals surface area contributed by atoms with Crippen molar-refractivity contribution in [2.75, 3.05) is 6.26 Å². The summed E-state index contributed by atoms with van der Waals surface area (Å²) in [6.45, 7) is 1.98. The number of hydrogen-bond donors (Lipinski definition) is 1. The minimum atomic E-state index is 0.117. The molecule has 0 radical (unpaired) electrons. The largest absolute Gasteiger partial charge is 0.328 e. The van der Waals surface area contributed by atoms with E-state index in [1.807, 2.05) is 13.0 Å². The molecule has 3 nitrogen and oxygen atoms in total. The van der Waals surface area contributed by atoms with Crippen molar-refractivity contribution in [2.45, 2.75) is 24.3 Å². The van der Waals surface area contributed by atoms with Gasteiger partial charge in [0, 0.05) is 34.8 Å². The van der Waals surface area contributed by atoms with Crippen LogP contribution in [0, 0.1) is 0 Å². The molecule has 0 spiro atoms. The van der Waals surface area contributed by atoms with Gasteiger partial charge in [-0.3, -0.25) is 0 Å². The fourth-order valence-corrected chi connectivity index (χ4v) is 2.13. The summed E-state index contributed by atoms with van der Waals surface area (Å²) in [5, 5.41) is 0. The van der Waals surface area contributed by atoms with Crippen molar-refractivity contribution in [3.8, 4) is 11.4 Å². The molecule has 0 aliphatic carbocycles. The van der Waals surface area contributed by atoms with Gasteiger partial charge in [0.05, 0.1) is 0 Å². The van der Waals surface area contributed by atoms with Gasteiger partial charge >= 0.3 is 0 Å². The predicted molar refractivity (Wildman–Crippen MR) is 76.6 cm³/mol. The van der Waals surface area contributed by atoms with E-state index in [4.69, 9.17) is 5.73 Å². The summed E-state index contributed by atoms with van der Waals surface area (Å²) in [5.74, 6) is 0.765. The van der Waals surface area contributed by atoms with E-state index in [0.717, 1.165) is 23.5 Å². The van der Waals surface area contributed by atoms with Crippen molar-refractivity contribution < 1.29 is 0 Å². The average Bonchev–Trinajstić information content (AvgIpc) is 2.38. The van der Waals surface area contributed by atoms with Crippen LogP contribution in [0.5, 0.6) is 0 Å². The zero-order chi connectivity index (χ0) is 13.0. The summed E-state index contributed by atoms with van der Waals surface area (Å²) >= 11 is 1.73. The maximum absolute atomic E-state index is 5.79. The van der Waals surface area contributed by atoms with Gasteiger partial charge < -0.3 is 5.73 Å². The molecule has 0 amide bonds. The quantitative estimate of drug-likeness (QED) is 0.858. The predicted octanol–water partition coefficient (Wildman–Crippen LogP) is 2.76. The Bertz CT molecular complexity index is 509. The van der Waals surface area contributed by atoms with E-state index in [2.05, 4.69) is 40.5 Å². The lowest BCUT2D eigenvalue weighted by molar-refractivity contribution is 0.720. The molecule has 2 rings (SSSR count). The molecule has 2 aromatic rings. The minimum Gasteiger partial charge on any atom is -0.328 e. The van der Waals surface area contributed by atoms with Crippen LogP contribution in [-0.4, -0.2) is 22.3 Å². The number of nitrogens with zero attached hydrogens (tertiary/aromatic N) is 2. The Morgan fingerprint density at radius 3 is 2.56 bits per heavy atom. The van der Waals surface area contributed by atoms with Gasteiger partial charge in [-0.2, -0.15) is 0 Å². The molecule has 18 heavy (non-hydrogen) atoms. The standard InChI is InChI=1S/C14H17N3S/c1-10(15)9-12-7-8-16-14(17-12)11-3-5-13(18-2)6-4-11/h3-8,10H,9,15H2,1-2H3. The van der Waals surface area contributed by atoms with Crippen molar-refractivity contribution in [1.82, 2.24) is 9.97 Å². The second kappa shape index (κ2) is 5.98. The van der Waals surface area contributed by atoms with Gasteiger partial charge in [-0.15, -0.1) is 11.8 Å². The molecule has 0 fully saturated rings. The Morgan fingerprint density at radius 1 is 1.22 bits per heavy atom. The van der Waals surface area contributed by atoms with E-state index in [1.54, 1.807) is 18.0 Å². The maximum atomic E-state index is 5.79. The van der Waals surface area contributed by atoms with E-state index >= 15 is 0 Å². The Morgan fingerprint density at radius 2 is 1.94 bits per heavy atom. The molecule has 1 heterocycles. The first-order valence-corrected chi connectivity index (χ1v) is 7.13. The van der Waals surface area contributed by atoms with Crippen LogP contribution in [0.1, 0.15) is 12.6 Å². The Kier molecular flexibility index (Phi) is 4.33. The third-order valence-electron chi connectivity index (χ3n) is 2.59. The first-order valence-electron chi connectivity index (χ1n) is 5.91. The number of aromatic nitrogens is 2. The minimum absolute atomic E-state index is 0.117. The topological polar surface area (TPSA) is 51.8 Å². The molecule has 1 unspecified atom stereocenters. The molecule has 1 aromatic carbocycles. The van der Waals surface area contributed by atoms with Crippen LogP contribution in [0.15, 0.2) is 41.4 Å². The smallest absolute Gasteiger partial charge is 0.159 e. The second-order valence-electron chi connectivity index (χ2n) is 4.28. The number of thioether (sulfide) groups is 1. The third kappa shape index (κ3) is 3.31. The number of benzene rings is 1. The summed E-state index contributed by atoms with van der Waals surface area (Å²) in [6.07, 6.45) is 4.63. The molecule has 0 aliphatic rings. The first-order chi connectivity index (χ1) is 8.69. The van der Waals surface area contributed by atoms with E-state index in [-0.39, 0.29) is 6.04 Å². The summed E-state index contributed by atoms with van der Waals surface area (Å²) in [4.78, 5) is 10.1. The van der Waals surface area contributed by atoms with Gasteiger partial charge in [-0.05, 0) is 31.4 Å². The van der Waals surface area contributed by atoms with Crippen LogP contribution in [0.3, 0.4) is 0 Å². The van der Waals surface area contributed by atoms with Crippen LogP contribution < -0.4 is 5.73 Å². The summed E-state index contributed by atoms with van der Waals surface area (Å²) in [7, 11) is 0. The monoisotopic (exact) mass is 259 g/mol. The van der Waals surface area contributed by atoms with Gasteiger partial charge in [0.2, 0.25) is 0 Å². The molecule has 1 atom stereocenters. The first kappa shape index (κ1) is 13.1. The highest BCUT2D eigenvalue weighted by molar-refractivity contribution is 7.98. The normalized spacial score (nSPS) is 12.4. The Labute approximate surface area is 112 Å². The highest BCUT2D eigenvalue weighted by Gasteiger charge is 2.04. The summed E-state index contributed by atoms with van der Waals surface area (Å²) in [5.41, 5.74) is 7.82. The van der Waals surface area contributed by atoms with Gasteiger partial charge in [0.25, 0.3) is 0 Å². The van der Waals surface area contributed by atoms with Gasteiger partial charge in [0.15, 0.2) is 5.82 Å². The van der Waals surface area contributed by atoms with E-state index < -0.39 is 0 Å². The zero-order valence-electron chi connectivity index (χ0n) is 10.6. The summed E-state index contributed by atoms with van der Waals surface area (Å²) < 4.78 is 0. The zero-order valence-corrected chi connectivity index (χ0v) is 11.4. The van der Waals surface area contributed by atoms with Crippen LogP contribution in [0.2, 0.25) is 0 Å². The maximum Gasteiger partial charge on any atom is 0.159 e. The fraction of sp³-hybridized carbons (Fsp3) is 0.286. The molecule has 0 saturated heterocycles. The Hall–Kier alpha value is -1.39.